The van der Waals surface area contributed by atoms with Crippen LogP contribution in [0.4, 0.5) is 0 Å². The summed E-state index contributed by atoms with van der Waals surface area (Å²) in [5.74, 6) is 0.929. The molecule has 2 atom stereocenters. The van der Waals surface area contributed by atoms with Crippen molar-refractivity contribution in [1.29, 1.82) is 0 Å². The van der Waals surface area contributed by atoms with Gasteiger partial charge in [0.1, 0.15) is 5.75 Å². The molecule has 0 aromatic heterocycles. The Hall–Kier alpha value is -1.55. The van der Waals surface area contributed by atoms with Crippen LogP contribution in [0.2, 0.25) is 0 Å². The lowest BCUT2D eigenvalue weighted by atomic mass is 10.1. The topological polar surface area (TPSA) is 50.4 Å². The average molecular weight is 262 g/mol. The second-order valence-electron chi connectivity index (χ2n) is 5.17. The Morgan fingerprint density at radius 1 is 1.26 bits per heavy atom. The number of nitrogens with one attached hydrogen (secondary N) is 2. The molecular weight excluding hydrogens is 240 g/mol. The van der Waals surface area contributed by atoms with Gasteiger partial charge in [0.25, 0.3) is 0 Å². The summed E-state index contributed by atoms with van der Waals surface area (Å²) in [6, 6.07) is 8.26. The van der Waals surface area contributed by atoms with Crippen LogP contribution in [0.25, 0.3) is 0 Å². The first-order chi connectivity index (χ1) is 9.10. The molecule has 1 aliphatic carbocycles. The molecule has 104 valence electrons. The number of amides is 1. The Bertz CT molecular complexity index is 426. The molecule has 4 heteroatoms. The molecule has 4 nitrogen and oxygen atoms in total. The van der Waals surface area contributed by atoms with E-state index >= 15 is 0 Å². The van der Waals surface area contributed by atoms with Crippen molar-refractivity contribution >= 4 is 5.91 Å². The molecule has 19 heavy (non-hydrogen) atoms. The van der Waals surface area contributed by atoms with E-state index in [2.05, 4.69) is 17.6 Å². The molecule has 0 radical (unpaired) electrons. The van der Waals surface area contributed by atoms with E-state index in [4.69, 9.17) is 4.74 Å². The zero-order valence-corrected chi connectivity index (χ0v) is 11.8. The highest BCUT2D eigenvalue weighted by Gasteiger charge is 2.26. The summed E-state index contributed by atoms with van der Waals surface area (Å²) in [4.78, 5) is 11.9. The van der Waals surface area contributed by atoms with Crippen molar-refractivity contribution < 1.29 is 9.53 Å². The summed E-state index contributed by atoms with van der Waals surface area (Å²) in [6.45, 7) is 3.96. The Kier molecular flexibility index (Phi) is 4.43. The van der Waals surface area contributed by atoms with E-state index in [1.807, 2.05) is 31.2 Å². The van der Waals surface area contributed by atoms with E-state index in [1.54, 1.807) is 7.11 Å². The molecule has 1 unspecified atom stereocenters. The van der Waals surface area contributed by atoms with Gasteiger partial charge in [0.2, 0.25) is 5.91 Å². The molecular formula is C15H22N2O2. The number of rotatable bonds is 6. The standard InChI is InChI=1S/C15H22N2O2/c1-10(12-4-8-14(19-3)9-5-12)16-11(2)15(18)17-13-6-7-13/h4-5,8-11,13,16H,6-7H2,1-3H3,(H,17,18)/t10-,11?/m1/s1. The Morgan fingerprint density at radius 3 is 2.42 bits per heavy atom. The Labute approximate surface area is 114 Å². The summed E-state index contributed by atoms with van der Waals surface area (Å²) in [6.07, 6.45) is 2.24. The van der Waals surface area contributed by atoms with Gasteiger partial charge in [0.15, 0.2) is 0 Å². The summed E-state index contributed by atoms with van der Waals surface area (Å²) in [5, 5.41) is 6.32. The minimum Gasteiger partial charge on any atom is -0.497 e. The Morgan fingerprint density at radius 2 is 1.89 bits per heavy atom. The number of carbonyl (C=O) groups is 1. The summed E-state index contributed by atoms with van der Waals surface area (Å²) >= 11 is 0. The van der Waals surface area contributed by atoms with Crippen molar-refractivity contribution in [2.24, 2.45) is 0 Å². The lowest BCUT2D eigenvalue weighted by molar-refractivity contribution is -0.123. The van der Waals surface area contributed by atoms with E-state index in [0.717, 1.165) is 24.2 Å². The molecule has 0 heterocycles. The van der Waals surface area contributed by atoms with Gasteiger partial charge in [0.05, 0.1) is 13.2 Å². The summed E-state index contributed by atoms with van der Waals surface area (Å²) < 4.78 is 5.13. The van der Waals surface area contributed by atoms with Crippen molar-refractivity contribution in [3.63, 3.8) is 0 Å². The molecule has 1 aromatic carbocycles. The van der Waals surface area contributed by atoms with E-state index in [9.17, 15) is 4.79 Å². The molecule has 0 aliphatic heterocycles. The van der Waals surface area contributed by atoms with Gasteiger partial charge in [-0.15, -0.1) is 0 Å². The van der Waals surface area contributed by atoms with Crippen molar-refractivity contribution in [3.05, 3.63) is 29.8 Å². The maximum absolute atomic E-state index is 11.9. The van der Waals surface area contributed by atoms with Crippen LogP contribution in [0.5, 0.6) is 5.75 Å². The molecule has 0 bridgehead atoms. The number of hydrogen-bond donors (Lipinski definition) is 2. The molecule has 1 amide bonds. The van der Waals surface area contributed by atoms with Crippen molar-refractivity contribution in [2.75, 3.05) is 7.11 Å². The van der Waals surface area contributed by atoms with Gasteiger partial charge in [-0.25, -0.2) is 0 Å². The van der Waals surface area contributed by atoms with E-state index in [0.29, 0.717) is 6.04 Å². The molecule has 0 saturated heterocycles. The van der Waals surface area contributed by atoms with E-state index in [1.165, 1.54) is 0 Å². The van der Waals surface area contributed by atoms with Crippen LogP contribution in [0.3, 0.4) is 0 Å². The highest BCUT2D eigenvalue weighted by atomic mass is 16.5. The average Bonchev–Trinajstić information content (AvgIpc) is 3.22. The van der Waals surface area contributed by atoms with Gasteiger partial charge >= 0.3 is 0 Å². The predicted octanol–water partition coefficient (Wildman–Crippen LogP) is 2.01. The fourth-order valence-electron chi connectivity index (χ4n) is 1.99. The van der Waals surface area contributed by atoms with Crippen LogP contribution in [0, 0.1) is 0 Å². The van der Waals surface area contributed by atoms with Gasteiger partial charge in [0, 0.05) is 12.1 Å². The molecule has 2 rings (SSSR count). The molecule has 1 aromatic rings. The zero-order chi connectivity index (χ0) is 13.8. The number of benzene rings is 1. The van der Waals surface area contributed by atoms with Crippen LogP contribution in [-0.4, -0.2) is 25.1 Å². The van der Waals surface area contributed by atoms with Crippen LogP contribution in [0.15, 0.2) is 24.3 Å². The van der Waals surface area contributed by atoms with Crippen molar-refractivity contribution in [3.8, 4) is 5.75 Å². The lowest BCUT2D eigenvalue weighted by Crippen LogP contribution is -2.43. The molecule has 0 spiro atoms. The minimum atomic E-state index is -0.183. The largest absolute Gasteiger partial charge is 0.497 e. The third-order valence-corrected chi connectivity index (χ3v) is 3.43. The normalized spacial score (nSPS) is 17.6. The highest BCUT2D eigenvalue weighted by Crippen LogP contribution is 2.20. The van der Waals surface area contributed by atoms with Crippen molar-refractivity contribution in [2.45, 2.75) is 44.8 Å². The quantitative estimate of drug-likeness (QED) is 0.824. The first kappa shape index (κ1) is 13.9. The first-order valence-electron chi connectivity index (χ1n) is 6.80. The highest BCUT2D eigenvalue weighted by molar-refractivity contribution is 5.81. The van der Waals surface area contributed by atoms with Gasteiger partial charge in [-0.2, -0.15) is 0 Å². The fourth-order valence-corrected chi connectivity index (χ4v) is 1.99. The number of hydrogen-bond acceptors (Lipinski definition) is 3. The first-order valence-corrected chi connectivity index (χ1v) is 6.80. The fraction of sp³-hybridized carbons (Fsp3) is 0.533. The zero-order valence-electron chi connectivity index (χ0n) is 11.8. The van der Waals surface area contributed by atoms with Gasteiger partial charge in [-0.3, -0.25) is 10.1 Å². The summed E-state index contributed by atoms with van der Waals surface area (Å²) in [7, 11) is 1.65. The van der Waals surface area contributed by atoms with Crippen LogP contribution >= 0.6 is 0 Å². The molecule has 1 aliphatic rings. The number of methoxy groups -OCH3 is 1. The third-order valence-electron chi connectivity index (χ3n) is 3.43. The van der Waals surface area contributed by atoms with Gasteiger partial charge in [-0.05, 0) is 44.4 Å². The smallest absolute Gasteiger partial charge is 0.237 e. The van der Waals surface area contributed by atoms with E-state index < -0.39 is 0 Å². The monoisotopic (exact) mass is 262 g/mol. The third kappa shape index (κ3) is 3.96. The minimum absolute atomic E-state index is 0.0860. The number of ether oxygens (including phenoxy) is 1. The SMILES string of the molecule is COc1ccc([C@@H](C)NC(C)C(=O)NC2CC2)cc1. The van der Waals surface area contributed by atoms with Crippen LogP contribution < -0.4 is 15.4 Å². The Balaban J connectivity index is 1.87. The van der Waals surface area contributed by atoms with E-state index in [-0.39, 0.29) is 18.0 Å². The number of carbonyl (C=O) groups excluding carboxylic acids is 1. The second kappa shape index (κ2) is 6.06. The van der Waals surface area contributed by atoms with Gasteiger partial charge < -0.3 is 10.1 Å². The lowest BCUT2D eigenvalue weighted by Gasteiger charge is -2.20. The van der Waals surface area contributed by atoms with Gasteiger partial charge in [-0.1, -0.05) is 12.1 Å². The molecule has 2 N–H and O–H groups in total. The second-order valence-corrected chi connectivity index (χ2v) is 5.17. The summed E-state index contributed by atoms with van der Waals surface area (Å²) in [5.41, 5.74) is 1.15. The van der Waals surface area contributed by atoms with Crippen molar-refractivity contribution in [1.82, 2.24) is 10.6 Å². The predicted molar refractivity (Wildman–Crippen MR) is 75.2 cm³/mol. The molecule has 1 fully saturated rings. The maximum atomic E-state index is 11.9. The van der Waals surface area contributed by atoms with Crippen LogP contribution in [-0.2, 0) is 4.79 Å². The van der Waals surface area contributed by atoms with Crippen LogP contribution in [0.1, 0.15) is 38.3 Å². The molecule has 1 saturated carbocycles. The maximum Gasteiger partial charge on any atom is 0.237 e.